The Kier molecular flexibility index (Phi) is 2.38. The molecule has 2 heterocycles. The van der Waals surface area contributed by atoms with Crippen molar-refractivity contribution < 1.29 is 9.53 Å². The first kappa shape index (κ1) is 10.0. The fourth-order valence-corrected chi connectivity index (χ4v) is 2.13. The lowest BCUT2D eigenvalue weighted by atomic mass is 10.3. The average Bonchev–Trinajstić information content (AvgIpc) is 2.99. The van der Waals surface area contributed by atoms with Gasteiger partial charge in [0.25, 0.3) is 0 Å². The van der Waals surface area contributed by atoms with Crippen molar-refractivity contribution in [3.8, 4) is 5.75 Å². The number of carbonyl (C=O) groups excluding carboxylic acids is 1. The van der Waals surface area contributed by atoms with E-state index in [0.717, 1.165) is 11.0 Å². The summed E-state index contributed by atoms with van der Waals surface area (Å²) in [4.78, 5) is 19.4. The van der Waals surface area contributed by atoms with Crippen LogP contribution in [0.3, 0.4) is 0 Å². The van der Waals surface area contributed by atoms with Crippen LogP contribution in [0.2, 0.25) is 0 Å². The van der Waals surface area contributed by atoms with E-state index in [0.29, 0.717) is 10.6 Å². The molecule has 3 rings (SSSR count). The first-order chi connectivity index (χ1) is 8.33. The molecule has 3 aromatic rings. The Hall–Kier alpha value is -2.14. The van der Waals surface area contributed by atoms with Crippen LogP contribution in [0.4, 0.5) is 0 Å². The number of hydrogen-bond acceptors (Lipinski definition) is 4. The Bertz CT molecular complexity index is 658. The monoisotopic (exact) mass is 244 g/mol. The van der Waals surface area contributed by atoms with Crippen LogP contribution in [-0.4, -0.2) is 15.9 Å². The van der Waals surface area contributed by atoms with Crippen molar-refractivity contribution in [1.29, 1.82) is 0 Å². The van der Waals surface area contributed by atoms with Crippen LogP contribution in [0.25, 0.3) is 11.0 Å². The van der Waals surface area contributed by atoms with E-state index in [9.17, 15) is 4.79 Å². The molecule has 2 aromatic heterocycles. The number of carbonyl (C=O) groups is 1. The highest BCUT2D eigenvalue weighted by atomic mass is 32.1. The van der Waals surface area contributed by atoms with Crippen molar-refractivity contribution in [1.82, 2.24) is 9.97 Å². The maximum Gasteiger partial charge on any atom is 0.353 e. The van der Waals surface area contributed by atoms with Crippen molar-refractivity contribution in [2.45, 2.75) is 0 Å². The minimum absolute atomic E-state index is 0.334. The van der Waals surface area contributed by atoms with E-state index in [4.69, 9.17) is 4.74 Å². The number of esters is 1. The first-order valence-corrected chi connectivity index (χ1v) is 5.90. The predicted octanol–water partition coefficient (Wildman–Crippen LogP) is 2.84. The van der Waals surface area contributed by atoms with Crippen LogP contribution in [-0.2, 0) is 0 Å². The van der Waals surface area contributed by atoms with Crippen molar-refractivity contribution >= 4 is 28.3 Å². The molecule has 0 spiro atoms. The van der Waals surface area contributed by atoms with E-state index in [2.05, 4.69) is 9.97 Å². The molecule has 0 aliphatic rings. The van der Waals surface area contributed by atoms with E-state index in [-0.39, 0.29) is 5.97 Å². The molecule has 0 saturated carbocycles. The zero-order valence-electron chi connectivity index (χ0n) is 8.71. The number of imidazole rings is 1. The smallest absolute Gasteiger partial charge is 0.353 e. The number of rotatable bonds is 2. The third-order valence-corrected chi connectivity index (χ3v) is 3.17. The summed E-state index contributed by atoms with van der Waals surface area (Å²) in [6, 6.07) is 8.85. The Balaban J connectivity index is 1.87. The van der Waals surface area contributed by atoms with Gasteiger partial charge in [-0.05, 0) is 23.6 Å². The number of benzene rings is 1. The van der Waals surface area contributed by atoms with Crippen molar-refractivity contribution in [2.75, 3.05) is 0 Å². The van der Waals surface area contributed by atoms with Crippen molar-refractivity contribution in [3.05, 3.63) is 46.9 Å². The van der Waals surface area contributed by atoms with Gasteiger partial charge in [-0.3, -0.25) is 0 Å². The minimum atomic E-state index is -0.334. The number of aromatic amines is 1. The molecule has 0 saturated heterocycles. The maximum atomic E-state index is 11.7. The van der Waals surface area contributed by atoms with Gasteiger partial charge in [-0.25, -0.2) is 9.78 Å². The van der Waals surface area contributed by atoms with Gasteiger partial charge >= 0.3 is 5.97 Å². The standard InChI is InChI=1S/C12H8N2O2S/c15-12(11-2-1-5-17-11)16-8-3-4-9-10(6-8)14-7-13-9/h1-7H,(H,13,14). The Morgan fingerprint density at radius 2 is 2.29 bits per heavy atom. The molecule has 1 N–H and O–H groups in total. The summed E-state index contributed by atoms with van der Waals surface area (Å²) in [6.45, 7) is 0. The van der Waals surface area contributed by atoms with Crippen LogP contribution in [0.5, 0.6) is 5.75 Å². The molecule has 4 nitrogen and oxygen atoms in total. The normalized spacial score (nSPS) is 10.6. The second-order valence-electron chi connectivity index (χ2n) is 3.45. The molecule has 0 unspecified atom stereocenters. The third-order valence-electron chi connectivity index (χ3n) is 2.32. The maximum absolute atomic E-state index is 11.7. The predicted molar refractivity (Wildman–Crippen MR) is 65.4 cm³/mol. The zero-order valence-corrected chi connectivity index (χ0v) is 9.53. The molecule has 0 fully saturated rings. The van der Waals surface area contributed by atoms with Crippen LogP contribution in [0, 0.1) is 0 Å². The number of thiophene rings is 1. The fourth-order valence-electron chi connectivity index (χ4n) is 1.53. The Labute approximate surface area is 101 Å². The lowest BCUT2D eigenvalue weighted by Crippen LogP contribution is -2.05. The highest BCUT2D eigenvalue weighted by Gasteiger charge is 2.09. The van der Waals surface area contributed by atoms with Gasteiger partial charge in [0.05, 0.1) is 17.4 Å². The Morgan fingerprint density at radius 3 is 3.12 bits per heavy atom. The second-order valence-corrected chi connectivity index (χ2v) is 4.40. The van der Waals surface area contributed by atoms with Gasteiger partial charge in [-0.2, -0.15) is 0 Å². The molecule has 5 heteroatoms. The molecule has 0 radical (unpaired) electrons. The van der Waals surface area contributed by atoms with Crippen LogP contribution < -0.4 is 4.74 Å². The van der Waals surface area contributed by atoms with Gasteiger partial charge in [0.15, 0.2) is 0 Å². The molecular weight excluding hydrogens is 236 g/mol. The number of nitrogens with zero attached hydrogens (tertiary/aromatic N) is 1. The summed E-state index contributed by atoms with van der Waals surface area (Å²) in [5.74, 6) is 0.180. The molecule has 17 heavy (non-hydrogen) atoms. The van der Waals surface area contributed by atoms with E-state index in [1.54, 1.807) is 24.5 Å². The van der Waals surface area contributed by atoms with Crippen LogP contribution >= 0.6 is 11.3 Å². The molecular formula is C12H8N2O2S. The number of H-pyrrole nitrogens is 1. The Morgan fingerprint density at radius 1 is 1.35 bits per heavy atom. The summed E-state index contributed by atoms with van der Waals surface area (Å²) < 4.78 is 5.26. The average molecular weight is 244 g/mol. The SMILES string of the molecule is O=C(Oc1ccc2nc[nH]c2c1)c1cccs1. The fraction of sp³-hybridized carbons (Fsp3) is 0. The molecule has 0 atom stereocenters. The summed E-state index contributed by atoms with van der Waals surface area (Å²) >= 11 is 1.36. The van der Waals surface area contributed by atoms with Gasteiger partial charge in [-0.1, -0.05) is 6.07 Å². The highest BCUT2D eigenvalue weighted by molar-refractivity contribution is 7.12. The lowest BCUT2D eigenvalue weighted by molar-refractivity contribution is 0.0740. The third kappa shape index (κ3) is 1.92. The number of fused-ring (bicyclic) bond motifs is 1. The van der Waals surface area contributed by atoms with Gasteiger partial charge < -0.3 is 9.72 Å². The van der Waals surface area contributed by atoms with E-state index in [1.165, 1.54) is 11.3 Å². The van der Waals surface area contributed by atoms with E-state index < -0.39 is 0 Å². The summed E-state index contributed by atoms with van der Waals surface area (Å²) in [5, 5.41) is 1.84. The summed E-state index contributed by atoms with van der Waals surface area (Å²) in [5.41, 5.74) is 1.70. The topological polar surface area (TPSA) is 55.0 Å². The number of ether oxygens (including phenoxy) is 1. The minimum Gasteiger partial charge on any atom is -0.422 e. The molecule has 0 aliphatic heterocycles. The number of hydrogen-bond donors (Lipinski definition) is 1. The largest absolute Gasteiger partial charge is 0.422 e. The van der Waals surface area contributed by atoms with Crippen LogP contribution in [0.15, 0.2) is 42.0 Å². The van der Waals surface area contributed by atoms with Gasteiger partial charge in [-0.15, -0.1) is 11.3 Å². The molecule has 84 valence electrons. The van der Waals surface area contributed by atoms with Crippen molar-refractivity contribution in [2.24, 2.45) is 0 Å². The summed E-state index contributed by atoms with van der Waals surface area (Å²) in [6.07, 6.45) is 1.61. The second kappa shape index (κ2) is 4.03. The van der Waals surface area contributed by atoms with Gasteiger partial charge in [0, 0.05) is 6.07 Å². The number of aromatic nitrogens is 2. The molecule has 0 aliphatic carbocycles. The summed E-state index contributed by atoms with van der Waals surface area (Å²) in [7, 11) is 0. The van der Waals surface area contributed by atoms with Crippen molar-refractivity contribution in [3.63, 3.8) is 0 Å². The molecule has 1 aromatic carbocycles. The highest BCUT2D eigenvalue weighted by Crippen LogP contribution is 2.19. The van der Waals surface area contributed by atoms with E-state index in [1.807, 2.05) is 17.5 Å². The zero-order chi connectivity index (χ0) is 11.7. The van der Waals surface area contributed by atoms with Gasteiger partial charge in [0.1, 0.15) is 10.6 Å². The van der Waals surface area contributed by atoms with Crippen LogP contribution in [0.1, 0.15) is 9.67 Å². The molecule has 0 amide bonds. The number of nitrogens with one attached hydrogen (secondary N) is 1. The molecule has 0 bridgehead atoms. The van der Waals surface area contributed by atoms with E-state index >= 15 is 0 Å². The quantitative estimate of drug-likeness (QED) is 0.557. The lowest BCUT2D eigenvalue weighted by Gasteiger charge is -2.01. The van der Waals surface area contributed by atoms with Gasteiger partial charge in [0.2, 0.25) is 0 Å². The first-order valence-electron chi connectivity index (χ1n) is 5.02.